The third kappa shape index (κ3) is 4.83. The van der Waals surface area contributed by atoms with Crippen LogP contribution in [0.4, 0.5) is 5.69 Å². The molecule has 1 aliphatic heterocycles. The summed E-state index contributed by atoms with van der Waals surface area (Å²) < 4.78 is 39.3. The molecule has 0 fully saturated rings. The molecule has 0 unspecified atom stereocenters. The summed E-state index contributed by atoms with van der Waals surface area (Å²) in [4.78, 5) is 13.3. The molecule has 0 radical (unpaired) electrons. The fourth-order valence-corrected chi connectivity index (χ4v) is 5.42. The van der Waals surface area contributed by atoms with Gasteiger partial charge in [-0.25, -0.2) is 8.42 Å². The number of hydrogen-bond acceptors (Lipinski definition) is 5. The first kappa shape index (κ1) is 23.9. The Bertz CT molecular complexity index is 1260. The zero-order chi connectivity index (χ0) is 24.3. The van der Waals surface area contributed by atoms with E-state index >= 15 is 0 Å². The van der Waals surface area contributed by atoms with Gasteiger partial charge in [0, 0.05) is 5.02 Å². The van der Waals surface area contributed by atoms with Crippen LogP contribution in [0, 0.1) is 0 Å². The van der Waals surface area contributed by atoms with Gasteiger partial charge in [-0.2, -0.15) is 0 Å². The number of benzene rings is 3. The lowest BCUT2D eigenvalue weighted by molar-refractivity contribution is -0.128. The van der Waals surface area contributed by atoms with Gasteiger partial charge in [-0.05, 0) is 60.5 Å². The number of carbonyl (C=O) groups is 1. The molecule has 9 heteroatoms. The Labute approximate surface area is 204 Å². The number of hydrogen-bond donors (Lipinski definition) is 1. The zero-order valence-electron chi connectivity index (χ0n) is 18.8. The highest BCUT2D eigenvalue weighted by molar-refractivity contribution is 7.92. The molecule has 7 nitrogen and oxygen atoms in total. The van der Waals surface area contributed by atoms with Gasteiger partial charge in [-0.3, -0.25) is 9.10 Å². The number of nitrogens with zero attached hydrogens (tertiary/aromatic N) is 1. The minimum Gasteiger partial charge on any atom is -0.497 e. The topological polar surface area (TPSA) is 84.9 Å². The SMILES string of the molecule is CC[C@H](NC(=O)[C@H]1CN(S(=O)(=O)c2ccc(Cl)cc2)c2ccccc2O1)c1ccc(OC)cc1. The van der Waals surface area contributed by atoms with Gasteiger partial charge in [0.05, 0.1) is 30.3 Å². The van der Waals surface area contributed by atoms with Crippen molar-refractivity contribution in [1.29, 1.82) is 0 Å². The molecule has 0 saturated carbocycles. The molecular weight excluding hydrogens is 476 g/mol. The number of para-hydroxylation sites is 2. The van der Waals surface area contributed by atoms with Gasteiger partial charge >= 0.3 is 0 Å². The first-order valence-electron chi connectivity index (χ1n) is 10.8. The van der Waals surface area contributed by atoms with E-state index in [1.807, 2.05) is 31.2 Å². The van der Waals surface area contributed by atoms with E-state index in [-0.39, 0.29) is 17.5 Å². The monoisotopic (exact) mass is 500 g/mol. The second-order valence-corrected chi connectivity index (χ2v) is 10.1. The molecule has 1 N–H and O–H groups in total. The summed E-state index contributed by atoms with van der Waals surface area (Å²) >= 11 is 5.93. The summed E-state index contributed by atoms with van der Waals surface area (Å²) in [6, 6.07) is 19.9. The number of fused-ring (bicyclic) bond motifs is 1. The smallest absolute Gasteiger partial charge is 0.264 e. The molecule has 0 aliphatic carbocycles. The van der Waals surface area contributed by atoms with Crippen molar-refractivity contribution in [2.24, 2.45) is 0 Å². The van der Waals surface area contributed by atoms with Crippen LogP contribution >= 0.6 is 11.6 Å². The van der Waals surface area contributed by atoms with Gasteiger partial charge in [-0.1, -0.05) is 42.8 Å². The molecule has 0 aromatic heterocycles. The van der Waals surface area contributed by atoms with Crippen LogP contribution in [0.1, 0.15) is 24.9 Å². The first-order chi connectivity index (χ1) is 16.3. The molecule has 4 rings (SSSR count). The summed E-state index contributed by atoms with van der Waals surface area (Å²) in [6.45, 7) is 1.80. The van der Waals surface area contributed by atoms with Gasteiger partial charge in [0.1, 0.15) is 11.5 Å². The third-order valence-electron chi connectivity index (χ3n) is 5.67. The van der Waals surface area contributed by atoms with Crippen LogP contribution < -0.4 is 19.1 Å². The fraction of sp³-hybridized carbons (Fsp3) is 0.240. The summed E-state index contributed by atoms with van der Waals surface area (Å²) in [5, 5.41) is 3.43. The maximum absolute atomic E-state index is 13.5. The van der Waals surface area contributed by atoms with Crippen molar-refractivity contribution >= 4 is 33.2 Å². The lowest BCUT2D eigenvalue weighted by Crippen LogP contribution is -2.51. The fourth-order valence-electron chi connectivity index (χ4n) is 3.82. The lowest BCUT2D eigenvalue weighted by Gasteiger charge is -2.35. The number of anilines is 1. The highest BCUT2D eigenvalue weighted by atomic mass is 35.5. The normalized spacial score (nSPS) is 16.2. The van der Waals surface area contributed by atoms with Crippen molar-refractivity contribution in [3.63, 3.8) is 0 Å². The predicted molar refractivity (Wildman–Crippen MR) is 131 cm³/mol. The average Bonchev–Trinajstić information content (AvgIpc) is 2.86. The van der Waals surface area contributed by atoms with Crippen molar-refractivity contribution in [1.82, 2.24) is 5.32 Å². The van der Waals surface area contributed by atoms with Gasteiger partial charge in [0.2, 0.25) is 0 Å². The number of rotatable bonds is 7. The predicted octanol–water partition coefficient (Wildman–Crippen LogP) is 4.57. The molecule has 0 bridgehead atoms. The number of methoxy groups -OCH3 is 1. The first-order valence-corrected chi connectivity index (χ1v) is 12.6. The summed E-state index contributed by atoms with van der Waals surface area (Å²) in [7, 11) is -2.36. The Hall–Kier alpha value is -3.23. The van der Waals surface area contributed by atoms with Gasteiger partial charge in [0.25, 0.3) is 15.9 Å². The van der Waals surface area contributed by atoms with Crippen molar-refractivity contribution in [2.45, 2.75) is 30.4 Å². The third-order valence-corrected chi connectivity index (χ3v) is 7.72. The Morgan fingerprint density at radius 1 is 1.12 bits per heavy atom. The maximum Gasteiger partial charge on any atom is 0.264 e. The second kappa shape index (κ2) is 9.95. The Morgan fingerprint density at radius 2 is 1.79 bits per heavy atom. The number of sulfonamides is 1. The molecule has 2 atom stereocenters. The van der Waals surface area contributed by atoms with Crippen LogP contribution in [0.3, 0.4) is 0 Å². The highest BCUT2D eigenvalue weighted by Crippen LogP contribution is 2.37. The van der Waals surface area contributed by atoms with E-state index in [4.69, 9.17) is 21.1 Å². The van der Waals surface area contributed by atoms with Gasteiger partial charge in [0.15, 0.2) is 6.10 Å². The van der Waals surface area contributed by atoms with Gasteiger partial charge in [-0.15, -0.1) is 0 Å². The minimum absolute atomic E-state index is 0.0810. The van der Waals surface area contributed by atoms with E-state index in [1.165, 1.54) is 28.6 Å². The van der Waals surface area contributed by atoms with E-state index in [0.717, 1.165) is 11.3 Å². The molecular formula is C25H25ClN2O5S. The Balaban J connectivity index is 1.60. The standard InChI is InChI=1S/C25H25ClN2O5S/c1-3-21(17-8-12-19(32-2)13-9-17)27-25(29)24-16-28(22-6-4-5-7-23(22)33-24)34(30,31)20-14-10-18(26)11-15-20/h4-15,21,24H,3,16H2,1-2H3,(H,27,29)/t21-,24+/m0/s1. The van der Waals surface area contributed by atoms with Crippen molar-refractivity contribution in [3.8, 4) is 11.5 Å². The van der Waals surface area contributed by atoms with Gasteiger partial charge < -0.3 is 14.8 Å². The summed E-state index contributed by atoms with van der Waals surface area (Å²) in [5.41, 5.74) is 1.29. The van der Waals surface area contributed by atoms with Crippen molar-refractivity contribution in [2.75, 3.05) is 18.0 Å². The largest absolute Gasteiger partial charge is 0.497 e. The van der Waals surface area contributed by atoms with Crippen LogP contribution in [0.2, 0.25) is 5.02 Å². The number of ether oxygens (including phenoxy) is 2. The molecule has 3 aromatic carbocycles. The van der Waals surface area contributed by atoms with E-state index in [9.17, 15) is 13.2 Å². The summed E-state index contributed by atoms with van der Waals surface area (Å²) in [5.74, 6) is 0.651. The Morgan fingerprint density at radius 3 is 2.44 bits per heavy atom. The lowest BCUT2D eigenvalue weighted by atomic mass is 10.0. The molecule has 0 spiro atoms. The second-order valence-electron chi connectivity index (χ2n) is 7.81. The van der Waals surface area contributed by atoms with Crippen LogP contribution in [0.15, 0.2) is 77.7 Å². The number of halogens is 1. The quantitative estimate of drug-likeness (QED) is 0.513. The number of carbonyl (C=O) groups excluding carboxylic acids is 1. The van der Waals surface area contributed by atoms with E-state index in [1.54, 1.807) is 31.4 Å². The summed E-state index contributed by atoms with van der Waals surface area (Å²) in [6.07, 6.45) is -0.377. The number of nitrogens with one attached hydrogen (secondary N) is 1. The molecule has 1 amide bonds. The molecule has 34 heavy (non-hydrogen) atoms. The molecule has 0 saturated heterocycles. The number of amides is 1. The minimum atomic E-state index is -3.95. The van der Waals surface area contributed by atoms with Crippen LogP contribution in [-0.4, -0.2) is 34.1 Å². The van der Waals surface area contributed by atoms with E-state index < -0.39 is 22.0 Å². The van der Waals surface area contributed by atoms with Crippen LogP contribution in [0.25, 0.3) is 0 Å². The molecule has 178 valence electrons. The van der Waals surface area contributed by atoms with Crippen LogP contribution in [-0.2, 0) is 14.8 Å². The average molecular weight is 501 g/mol. The maximum atomic E-state index is 13.5. The van der Waals surface area contributed by atoms with E-state index in [0.29, 0.717) is 22.9 Å². The van der Waals surface area contributed by atoms with Crippen molar-refractivity contribution < 1.29 is 22.7 Å². The molecule has 1 heterocycles. The van der Waals surface area contributed by atoms with Crippen LogP contribution in [0.5, 0.6) is 11.5 Å². The zero-order valence-corrected chi connectivity index (χ0v) is 20.3. The molecule has 1 aliphatic rings. The van der Waals surface area contributed by atoms with E-state index in [2.05, 4.69) is 5.32 Å². The molecule has 3 aromatic rings. The van der Waals surface area contributed by atoms with Crippen molar-refractivity contribution in [3.05, 3.63) is 83.4 Å². The Kier molecular flexibility index (Phi) is 7.00. The highest BCUT2D eigenvalue weighted by Gasteiger charge is 2.38.